The van der Waals surface area contributed by atoms with Gasteiger partial charge in [0.15, 0.2) is 8.32 Å². The molecule has 2 aliphatic carbocycles. The van der Waals surface area contributed by atoms with Crippen molar-refractivity contribution in [2.24, 2.45) is 11.3 Å². The van der Waals surface area contributed by atoms with E-state index in [0.717, 1.165) is 25.7 Å². The van der Waals surface area contributed by atoms with Gasteiger partial charge in [-0.3, -0.25) is 4.79 Å². The van der Waals surface area contributed by atoms with Crippen molar-refractivity contribution in [3.8, 4) is 0 Å². The second kappa shape index (κ2) is 5.24. The number of fused-ring (bicyclic) bond motifs is 1. The molecule has 0 amide bonds. The molecular formula is C17H32O2Si. The fourth-order valence-corrected chi connectivity index (χ4v) is 5.43. The molecule has 2 nitrogen and oxygen atoms in total. The molecule has 2 aliphatic rings. The highest BCUT2D eigenvalue weighted by Gasteiger charge is 2.54. The Balaban J connectivity index is 2.19. The summed E-state index contributed by atoms with van der Waals surface area (Å²) in [5, 5.41) is 0.268. The second-order valence-electron chi connectivity index (χ2n) is 8.47. The number of hydrogen-bond donors (Lipinski definition) is 0. The molecule has 0 aromatic carbocycles. The molecule has 0 aromatic heterocycles. The molecule has 20 heavy (non-hydrogen) atoms. The van der Waals surface area contributed by atoms with Gasteiger partial charge in [-0.05, 0) is 55.1 Å². The molecule has 0 spiro atoms. The molecule has 0 N–H and O–H groups in total. The van der Waals surface area contributed by atoms with Crippen LogP contribution in [0.15, 0.2) is 0 Å². The van der Waals surface area contributed by atoms with Gasteiger partial charge in [-0.2, -0.15) is 0 Å². The minimum atomic E-state index is -1.71. The van der Waals surface area contributed by atoms with Crippen molar-refractivity contribution in [2.45, 2.75) is 90.5 Å². The summed E-state index contributed by atoms with van der Waals surface area (Å²) in [5.41, 5.74) is 0.295. The standard InChI is InChI=1S/C17H32O2Si/c1-7-17-11-10-14(18)12-13(17)8-9-15(17)19-20(5,6)16(2,3)4/h13,15H,7-12H2,1-6H3/t13-,15-,17-/m0/s1. The number of carbonyl (C=O) groups excluding carboxylic acids is 1. The Morgan fingerprint density at radius 3 is 2.50 bits per heavy atom. The van der Waals surface area contributed by atoms with Crippen LogP contribution in [0.3, 0.4) is 0 Å². The zero-order chi connectivity index (χ0) is 15.2. The lowest BCUT2D eigenvalue weighted by Crippen LogP contribution is -2.49. The molecule has 0 unspecified atom stereocenters. The third-order valence-corrected chi connectivity index (χ3v) is 11.0. The van der Waals surface area contributed by atoms with Gasteiger partial charge in [0.25, 0.3) is 0 Å². The maximum absolute atomic E-state index is 11.8. The topological polar surface area (TPSA) is 26.3 Å². The van der Waals surface area contributed by atoms with Crippen LogP contribution < -0.4 is 0 Å². The third kappa shape index (κ3) is 2.63. The smallest absolute Gasteiger partial charge is 0.192 e. The van der Waals surface area contributed by atoms with Crippen molar-refractivity contribution in [1.29, 1.82) is 0 Å². The van der Waals surface area contributed by atoms with Gasteiger partial charge in [-0.25, -0.2) is 0 Å². The average molecular weight is 297 g/mol. The van der Waals surface area contributed by atoms with Crippen LogP contribution in [0.5, 0.6) is 0 Å². The van der Waals surface area contributed by atoms with Crippen LogP contribution in [0.2, 0.25) is 18.1 Å². The number of Topliss-reactive ketones (excluding diaryl/α,β-unsaturated/α-hetero) is 1. The molecule has 3 atom stereocenters. The molecule has 0 saturated heterocycles. The van der Waals surface area contributed by atoms with Crippen molar-refractivity contribution >= 4 is 14.1 Å². The van der Waals surface area contributed by atoms with E-state index in [2.05, 4.69) is 40.8 Å². The molecule has 0 aliphatic heterocycles. The maximum atomic E-state index is 11.8. The first kappa shape index (κ1) is 16.2. The largest absolute Gasteiger partial charge is 0.413 e. The van der Waals surface area contributed by atoms with Crippen LogP contribution in [-0.4, -0.2) is 20.2 Å². The summed E-state index contributed by atoms with van der Waals surface area (Å²) in [5.74, 6) is 1.07. The van der Waals surface area contributed by atoms with E-state index < -0.39 is 8.32 Å². The molecule has 2 rings (SSSR count). The van der Waals surface area contributed by atoms with Crippen LogP contribution in [0.4, 0.5) is 0 Å². The second-order valence-corrected chi connectivity index (χ2v) is 13.2. The van der Waals surface area contributed by atoms with E-state index in [1.165, 1.54) is 12.8 Å². The third-order valence-electron chi connectivity index (χ3n) is 6.48. The number of hydrogen-bond acceptors (Lipinski definition) is 2. The van der Waals surface area contributed by atoms with E-state index >= 15 is 0 Å². The Kier molecular flexibility index (Phi) is 4.25. The van der Waals surface area contributed by atoms with E-state index in [1.54, 1.807) is 0 Å². The Labute approximate surface area is 125 Å². The Bertz CT molecular complexity index is 383. The van der Waals surface area contributed by atoms with Crippen molar-refractivity contribution in [3.05, 3.63) is 0 Å². The predicted molar refractivity (Wildman–Crippen MR) is 86.4 cm³/mol. The van der Waals surface area contributed by atoms with Gasteiger partial charge in [-0.15, -0.1) is 0 Å². The Morgan fingerprint density at radius 1 is 1.30 bits per heavy atom. The fourth-order valence-electron chi connectivity index (χ4n) is 4.01. The summed E-state index contributed by atoms with van der Waals surface area (Å²) in [6.45, 7) is 14.0. The number of rotatable bonds is 3. The lowest BCUT2D eigenvalue weighted by atomic mass is 9.65. The van der Waals surface area contributed by atoms with Gasteiger partial charge in [0.2, 0.25) is 0 Å². The minimum Gasteiger partial charge on any atom is -0.413 e. The highest BCUT2D eigenvalue weighted by atomic mass is 28.4. The number of carbonyl (C=O) groups is 1. The van der Waals surface area contributed by atoms with Gasteiger partial charge < -0.3 is 4.43 Å². The fraction of sp³-hybridized carbons (Fsp3) is 0.941. The zero-order valence-electron chi connectivity index (χ0n) is 14.2. The van der Waals surface area contributed by atoms with Crippen LogP contribution in [0.1, 0.15) is 66.2 Å². The molecule has 0 bridgehead atoms. The Morgan fingerprint density at radius 2 is 1.95 bits per heavy atom. The van der Waals surface area contributed by atoms with Crippen LogP contribution >= 0.6 is 0 Å². The quantitative estimate of drug-likeness (QED) is 0.690. The van der Waals surface area contributed by atoms with Gasteiger partial charge in [0, 0.05) is 12.8 Å². The molecule has 2 fully saturated rings. The minimum absolute atomic E-state index is 0.268. The summed E-state index contributed by atoms with van der Waals surface area (Å²) in [4.78, 5) is 11.8. The SMILES string of the molecule is CC[C@]12CCC(=O)C[C@@H]1CC[C@@H]2O[Si](C)(C)C(C)(C)C. The highest BCUT2D eigenvalue weighted by molar-refractivity contribution is 6.74. The summed E-state index contributed by atoms with van der Waals surface area (Å²) in [6, 6.07) is 0. The monoisotopic (exact) mass is 296 g/mol. The normalized spacial score (nSPS) is 35.2. The molecular weight excluding hydrogens is 264 g/mol. The van der Waals surface area contributed by atoms with Crippen molar-refractivity contribution < 1.29 is 9.22 Å². The molecule has 116 valence electrons. The maximum Gasteiger partial charge on any atom is 0.192 e. The zero-order valence-corrected chi connectivity index (χ0v) is 15.2. The van der Waals surface area contributed by atoms with E-state index in [1.807, 2.05) is 0 Å². The van der Waals surface area contributed by atoms with Gasteiger partial charge >= 0.3 is 0 Å². The van der Waals surface area contributed by atoms with Gasteiger partial charge in [0.1, 0.15) is 5.78 Å². The van der Waals surface area contributed by atoms with Crippen LogP contribution in [0.25, 0.3) is 0 Å². The molecule has 2 saturated carbocycles. The van der Waals surface area contributed by atoms with E-state index in [4.69, 9.17) is 4.43 Å². The van der Waals surface area contributed by atoms with E-state index in [-0.39, 0.29) is 5.04 Å². The number of ketones is 1. The van der Waals surface area contributed by atoms with Gasteiger partial charge in [-0.1, -0.05) is 27.7 Å². The predicted octanol–water partition coefficient (Wildman–Crippen LogP) is 4.94. The van der Waals surface area contributed by atoms with E-state index in [9.17, 15) is 4.79 Å². The molecule has 0 aromatic rings. The lowest BCUT2D eigenvalue weighted by molar-refractivity contribution is -0.126. The summed E-state index contributed by atoms with van der Waals surface area (Å²) < 4.78 is 6.79. The summed E-state index contributed by atoms with van der Waals surface area (Å²) in [6.07, 6.45) is 6.58. The van der Waals surface area contributed by atoms with Crippen LogP contribution in [-0.2, 0) is 9.22 Å². The summed E-state index contributed by atoms with van der Waals surface area (Å²) in [7, 11) is -1.71. The van der Waals surface area contributed by atoms with Crippen LogP contribution in [0, 0.1) is 11.3 Å². The molecule has 0 radical (unpaired) electrons. The van der Waals surface area contributed by atoms with Crippen molar-refractivity contribution in [2.75, 3.05) is 0 Å². The average Bonchev–Trinajstić information content (AvgIpc) is 2.66. The first-order valence-corrected chi connectivity index (χ1v) is 11.2. The first-order valence-electron chi connectivity index (χ1n) is 8.32. The Hall–Kier alpha value is -0.153. The summed E-state index contributed by atoms with van der Waals surface area (Å²) >= 11 is 0. The van der Waals surface area contributed by atoms with Crippen molar-refractivity contribution in [3.63, 3.8) is 0 Å². The van der Waals surface area contributed by atoms with Crippen molar-refractivity contribution in [1.82, 2.24) is 0 Å². The lowest BCUT2D eigenvalue weighted by Gasteiger charge is -2.47. The highest BCUT2D eigenvalue weighted by Crippen LogP contribution is 2.56. The van der Waals surface area contributed by atoms with E-state index in [0.29, 0.717) is 23.2 Å². The molecule has 0 heterocycles. The van der Waals surface area contributed by atoms with Gasteiger partial charge in [0.05, 0.1) is 6.10 Å². The first-order chi connectivity index (χ1) is 9.12. The molecule has 3 heteroatoms.